The lowest BCUT2D eigenvalue weighted by atomic mass is 9.60. The molecule has 16 heavy (non-hydrogen) atoms. The number of rotatable bonds is 2. The summed E-state index contributed by atoms with van der Waals surface area (Å²) in [6, 6.07) is 0. The zero-order valence-corrected chi connectivity index (χ0v) is 10.7. The summed E-state index contributed by atoms with van der Waals surface area (Å²) in [5, 5.41) is 2.66. The Morgan fingerprint density at radius 1 is 1.31 bits per heavy atom. The molecule has 0 aromatic rings. The van der Waals surface area contributed by atoms with Gasteiger partial charge in [0.25, 0.3) is 0 Å². The lowest BCUT2D eigenvalue weighted by Crippen LogP contribution is -2.62. The van der Waals surface area contributed by atoms with Gasteiger partial charge in [-0.1, -0.05) is 13.8 Å². The summed E-state index contributed by atoms with van der Waals surface area (Å²) in [4.78, 5) is 22.6. The molecular formula is C12H21NO3. The average Bonchev–Trinajstić information content (AvgIpc) is 1.96. The lowest BCUT2D eigenvalue weighted by Gasteiger charge is -2.49. The zero-order chi connectivity index (χ0) is 12.6. The maximum atomic E-state index is 11.5. The first kappa shape index (κ1) is 13.0. The normalized spacial score (nSPS) is 21.8. The fraction of sp³-hybridized carbons (Fsp3) is 0.833. The summed E-state index contributed by atoms with van der Waals surface area (Å²) in [6.45, 7) is 9.54. The van der Waals surface area contributed by atoms with Gasteiger partial charge in [-0.3, -0.25) is 0 Å². The number of aldehydes is 1. The van der Waals surface area contributed by atoms with E-state index in [4.69, 9.17) is 4.74 Å². The number of amides is 1. The van der Waals surface area contributed by atoms with Crippen molar-refractivity contribution in [1.82, 2.24) is 5.32 Å². The van der Waals surface area contributed by atoms with Crippen molar-refractivity contribution in [3.8, 4) is 0 Å². The first-order valence-corrected chi connectivity index (χ1v) is 5.55. The second kappa shape index (κ2) is 3.75. The molecule has 4 nitrogen and oxygen atoms in total. The Morgan fingerprint density at radius 2 is 1.81 bits per heavy atom. The van der Waals surface area contributed by atoms with Crippen LogP contribution in [0.25, 0.3) is 0 Å². The van der Waals surface area contributed by atoms with Crippen molar-refractivity contribution in [2.24, 2.45) is 5.41 Å². The number of hydrogen-bond acceptors (Lipinski definition) is 3. The highest BCUT2D eigenvalue weighted by atomic mass is 16.6. The highest BCUT2D eigenvalue weighted by molar-refractivity contribution is 5.78. The summed E-state index contributed by atoms with van der Waals surface area (Å²) >= 11 is 0. The van der Waals surface area contributed by atoms with Gasteiger partial charge in [-0.2, -0.15) is 0 Å². The van der Waals surface area contributed by atoms with Crippen LogP contribution in [0, 0.1) is 5.41 Å². The predicted octanol–water partition coefficient (Wildman–Crippen LogP) is 2.27. The molecule has 92 valence electrons. The monoisotopic (exact) mass is 227 g/mol. The van der Waals surface area contributed by atoms with Crippen LogP contribution in [-0.4, -0.2) is 23.5 Å². The number of nitrogens with one attached hydrogen (secondary N) is 1. The van der Waals surface area contributed by atoms with E-state index in [9.17, 15) is 9.59 Å². The molecule has 0 unspecified atom stereocenters. The van der Waals surface area contributed by atoms with Crippen molar-refractivity contribution in [1.29, 1.82) is 0 Å². The maximum Gasteiger partial charge on any atom is 0.408 e. The second-order valence-electron chi connectivity index (χ2n) is 6.42. The smallest absolute Gasteiger partial charge is 0.408 e. The van der Waals surface area contributed by atoms with E-state index in [0.717, 1.165) is 6.29 Å². The second-order valence-corrected chi connectivity index (χ2v) is 6.42. The Balaban J connectivity index is 2.54. The molecule has 0 aromatic carbocycles. The van der Waals surface area contributed by atoms with Crippen LogP contribution in [-0.2, 0) is 9.53 Å². The van der Waals surface area contributed by atoms with Crippen LogP contribution in [0.3, 0.4) is 0 Å². The highest BCUT2D eigenvalue weighted by Crippen LogP contribution is 2.46. The Hall–Kier alpha value is -1.06. The SMILES string of the molecule is CC1(C)CC(C=O)(NC(=O)OC(C)(C)C)C1. The third kappa shape index (κ3) is 3.22. The first-order valence-electron chi connectivity index (χ1n) is 5.55. The van der Waals surface area contributed by atoms with Crippen LogP contribution >= 0.6 is 0 Å². The van der Waals surface area contributed by atoms with E-state index < -0.39 is 17.2 Å². The van der Waals surface area contributed by atoms with Crippen molar-refractivity contribution in [3.63, 3.8) is 0 Å². The molecule has 0 aromatic heterocycles. The molecule has 0 radical (unpaired) electrons. The van der Waals surface area contributed by atoms with Crippen LogP contribution in [0.1, 0.15) is 47.5 Å². The molecule has 0 aliphatic heterocycles. The number of carbonyl (C=O) groups is 2. The minimum atomic E-state index is -0.716. The molecule has 1 amide bonds. The molecule has 0 spiro atoms. The van der Waals surface area contributed by atoms with E-state index in [1.54, 1.807) is 20.8 Å². The van der Waals surface area contributed by atoms with Gasteiger partial charge in [-0.05, 0) is 39.0 Å². The molecule has 0 bridgehead atoms. The Kier molecular flexibility index (Phi) is 3.05. The summed E-state index contributed by atoms with van der Waals surface area (Å²) < 4.78 is 5.13. The van der Waals surface area contributed by atoms with Gasteiger partial charge in [0.1, 0.15) is 11.9 Å². The van der Waals surface area contributed by atoms with E-state index in [2.05, 4.69) is 19.2 Å². The van der Waals surface area contributed by atoms with E-state index >= 15 is 0 Å². The van der Waals surface area contributed by atoms with Gasteiger partial charge in [0, 0.05) is 0 Å². The summed E-state index contributed by atoms with van der Waals surface area (Å²) in [5.41, 5.74) is -1.13. The number of hydrogen-bond donors (Lipinski definition) is 1. The van der Waals surface area contributed by atoms with Crippen LogP contribution in [0.15, 0.2) is 0 Å². The van der Waals surface area contributed by atoms with E-state index in [0.29, 0.717) is 12.8 Å². The molecule has 1 saturated carbocycles. The number of alkyl carbamates (subject to hydrolysis) is 1. The highest BCUT2D eigenvalue weighted by Gasteiger charge is 2.50. The van der Waals surface area contributed by atoms with Gasteiger partial charge in [0.05, 0.1) is 5.54 Å². The standard InChI is InChI=1S/C12H21NO3/c1-10(2,3)16-9(15)13-12(8-14)6-11(4,5)7-12/h8H,6-7H2,1-5H3,(H,13,15). The van der Waals surface area contributed by atoms with Crippen LogP contribution in [0.2, 0.25) is 0 Å². The molecule has 1 aliphatic carbocycles. The van der Waals surface area contributed by atoms with Crippen LogP contribution in [0.5, 0.6) is 0 Å². The van der Waals surface area contributed by atoms with Gasteiger partial charge in [0.2, 0.25) is 0 Å². The number of carbonyl (C=O) groups excluding carboxylic acids is 2. The molecule has 4 heteroatoms. The largest absolute Gasteiger partial charge is 0.444 e. The molecule has 1 N–H and O–H groups in total. The zero-order valence-electron chi connectivity index (χ0n) is 10.7. The summed E-state index contributed by atoms with van der Waals surface area (Å²) in [7, 11) is 0. The molecule has 1 fully saturated rings. The fourth-order valence-corrected chi connectivity index (χ4v) is 2.36. The quantitative estimate of drug-likeness (QED) is 0.736. The van der Waals surface area contributed by atoms with E-state index in [1.165, 1.54) is 0 Å². The minimum Gasteiger partial charge on any atom is -0.444 e. The van der Waals surface area contributed by atoms with Crippen LogP contribution < -0.4 is 5.32 Å². The topological polar surface area (TPSA) is 55.4 Å². The third-order valence-electron chi connectivity index (χ3n) is 2.56. The molecule has 0 heterocycles. The molecule has 0 atom stereocenters. The fourth-order valence-electron chi connectivity index (χ4n) is 2.36. The Labute approximate surface area is 96.7 Å². The van der Waals surface area contributed by atoms with Gasteiger partial charge in [-0.25, -0.2) is 4.79 Å². The van der Waals surface area contributed by atoms with Crippen molar-refractivity contribution >= 4 is 12.4 Å². The van der Waals surface area contributed by atoms with E-state index in [-0.39, 0.29) is 5.41 Å². The number of ether oxygens (including phenoxy) is 1. The van der Waals surface area contributed by atoms with Gasteiger partial charge in [0.15, 0.2) is 0 Å². The molecule has 1 aliphatic rings. The predicted molar refractivity (Wildman–Crippen MR) is 61.2 cm³/mol. The third-order valence-corrected chi connectivity index (χ3v) is 2.56. The Bertz CT molecular complexity index is 294. The van der Waals surface area contributed by atoms with Crippen LogP contribution in [0.4, 0.5) is 4.79 Å². The molecular weight excluding hydrogens is 206 g/mol. The van der Waals surface area contributed by atoms with Crippen molar-refractivity contribution in [2.45, 2.75) is 58.6 Å². The summed E-state index contributed by atoms with van der Waals surface area (Å²) in [6.07, 6.45) is 1.64. The summed E-state index contributed by atoms with van der Waals surface area (Å²) in [5.74, 6) is 0. The molecule has 1 rings (SSSR count). The van der Waals surface area contributed by atoms with Crippen molar-refractivity contribution in [2.75, 3.05) is 0 Å². The van der Waals surface area contributed by atoms with Gasteiger partial charge < -0.3 is 14.8 Å². The maximum absolute atomic E-state index is 11.5. The first-order chi connectivity index (χ1) is 7.08. The van der Waals surface area contributed by atoms with Gasteiger partial charge in [-0.15, -0.1) is 0 Å². The van der Waals surface area contributed by atoms with E-state index in [1.807, 2.05) is 0 Å². The Morgan fingerprint density at radius 3 is 2.12 bits per heavy atom. The lowest BCUT2D eigenvalue weighted by molar-refractivity contribution is -0.121. The average molecular weight is 227 g/mol. The van der Waals surface area contributed by atoms with Crippen molar-refractivity contribution in [3.05, 3.63) is 0 Å². The minimum absolute atomic E-state index is 0.121. The van der Waals surface area contributed by atoms with Crippen molar-refractivity contribution < 1.29 is 14.3 Å². The van der Waals surface area contributed by atoms with Gasteiger partial charge >= 0.3 is 6.09 Å². The molecule has 0 saturated heterocycles.